The lowest BCUT2D eigenvalue weighted by Gasteiger charge is -2.12. The maximum atomic E-state index is 11.2. The van der Waals surface area contributed by atoms with Crippen molar-refractivity contribution in [3.63, 3.8) is 0 Å². The van der Waals surface area contributed by atoms with Crippen LogP contribution in [0.5, 0.6) is 0 Å². The van der Waals surface area contributed by atoms with Crippen LogP contribution in [0.3, 0.4) is 0 Å². The number of aryl methyl sites for hydroxylation is 1. The first-order chi connectivity index (χ1) is 9.04. The number of aromatic nitrogens is 1. The molecule has 0 fully saturated rings. The van der Waals surface area contributed by atoms with Crippen molar-refractivity contribution in [3.05, 3.63) is 41.6 Å². The maximum absolute atomic E-state index is 11.2. The van der Waals surface area contributed by atoms with Gasteiger partial charge in [-0.15, -0.1) is 0 Å². The Morgan fingerprint density at radius 2 is 2.16 bits per heavy atom. The number of rotatable bonds is 3. The summed E-state index contributed by atoms with van der Waals surface area (Å²) in [5, 5.41) is 8.94. The monoisotopic (exact) mass is 295 g/mol. The number of nitrogens with zero attached hydrogens (tertiary/aromatic N) is 1. The Morgan fingerprint density at radius 3 is 2.89 bits per heavy atom. The van der Waals surface area contributed by atoms with Crippen LogP contribution < -0.4 is 10.5 Å². The molecule has 0 saturated heterocycles. The van der Waals surface area contributed by atoms with Gasteiger partial charge in [-0.25, -0.2) is 18.5 Å². The summed E-state index contributed by atoms with van der Waals surface area (Å²) in [5.41, 5.74) is 2.60. The van der Waals surface area contributed by atoms with E-state index in [0.29, 0.717) is 5.13 Å². The SMILES string of the molecule is NS(=O)(=O)c1cnc(NC2CCc3ccccc32)s1. The summed E-state index contributed by atoms with van der Waals surface area (Å²) in [6.07, 6.45) is 3.31. The minimum atomic E-state index is -3.66. The van der Waals surface area contributed by atoms with Crippen LogP contribution in [0.2, 0.25) is 0 Å². The van der Waals surface area contributed by atoms with Crippen LogP contribution in [0.15, 0.2) is 34.7 Å². The Hall–Kier alpha value is -1.44. The van der Waals surface area contributed by atoms with Gasteiger partial charge in [0.2, 0.25) is 10.0 Å². The summed E-state index contributed by atoms with van der Waals surface area (Å²) in [7, 11) is -3.66. The van der Waals surface area contributed by atoms with Gasteiger partial charge < -0.3 is 5.32 Å². The third kappa shape index (κ3) is 2.49. The van der Waals surface area contributed by atoms with Crippen molar-refractivity contribution in [2.24, 2.45) is 5.14 Å². The molecule has 0 bridgehead atoms. The molecular formula is C12H13N3O2S2. The maximum Gasteiger partial charge on any atom is 0.249 e. The molecule has 1 aliphatic carbocycles. The van der Waals surface area contributed by atoms with Crippen LogP contribution in [0.25, 0.3) is 0 Å². The van der Waals surface area contributed by atoms with E-state index in [-0.39, 0.29) is 10.3 Å². The molecule has 1 aromatic carbocycles. The van der Waals surface area contributed by atoms with Gasteiger partial charge in [0.15, 0.2) is 9.34 Å². The molecule has 0 aliphatic heterocycles. The molecule has 0 saturated carbocycles. The van der Waals surface area contributed by atoms with E-state index in [1.165, 1.54) is 17.3 Å². The van der Waals surface area contributed by atoms with Crippen molar-refractivity contribution in [1.29, 1.82) is 0 Å². The molecule has 19 heavy (non-hydrogen) atoms. The number of thiazole rings is 1. The number of anilines is 1. The molecule has 7 heteroatoms. The first-order valence-electron chi connectivity index (χ1n) is 5.87. The van der Waals surface area contributed by atoms with E-state index in [1.54, 1.807) is 0 Å². The highest BCUT2D eigenvalue weighted by atomic mass is 32.2. The Bertz CT molecular complexity index is 709. The lowest BCUT2D eigenvalue weighted by Crippen LogP contribution is -2.10. The summed E-state index contributed by atoms with van der Waals surface area (Å²) in [6.45, 7) is 0. The zero-order valence-corrected chi connectivity index (χ0v) is 11.7. The Kier molecular flexibility index (Phi) is 3.04. The van der Waals surface area contributed by atoms with Crippen molar-refractivity contribution in [2.45, 2.75) is 23.1 Å². The average Bonchev–Trinajstić information content (AvgIpc) is 2.97. The van der Waals surface area contributed by atoms with Crippen LogP contribution in [-0.2, 0) is 16.4 Å². The molecule has 1 aromatic heterocycles. The number of primary sulfonamides is 1. The predicted octanol–water partition coefficient (Wildman–Crippen LogP) is 1.89. The smallest absolute Gasteiger partial charge is 0.249 e. The second kappa shape index (κ2) is 4.59. The number of hydrogen-bond acceptors (Lipinski definition) is 5. The number of benzene rings is 1. The molecule has 2 aromatic rings. The van der Waals surface area contributed by atoms with Crippen molar-refractivity contribution >= 4 is 26.5 Å². The van der Waals surface area contributed by atoms with Crippen LogP contribution in [-0.4, -0.2) is 13.4 Å². The summed E-state index contributed by atoms with van der Waals surface area (Å²) in [4.78, 5) is 4.07. The van der Waals surface area contributed by atoms with Gasteiger partial charge in [0, 0.05) is 0 Å². The fourth-order valence-corrected chi connectivity index (χ4v) is 3.82. The quantitative estimate of drug-likeness (QED) is 0.905. The van der Waals surface area contributed by atoms with Crippen molar-refractivity contribution in [3.8, 4) is 0 Å². The number of sulfonamides is 1. The Morgan fingerprint density at radius 1 is 1.37 bits per heavy atom. The molecule has 1 unspecified atom stereocenters. The lowest BCUT2D eigenvalue weighted by atomic mass is 10.1. The molecule has 3 rings (SSSR count). The molecule has 3 N–H and O–H groups in total. The minimum Gasteiger partial charge on any atom is -0.355 e. The predicted molar refractivity (Wildman–Crippen MR) is 74.6 cm³/mol. The number of fused-ring (bicyclic) bond motifs is 1. The van der Waals surface area contributed by atoms with Gasteiger partial charge in [0.05, 0.1) is 12.2 Å². The van der Waals surface area contributed by atoms with E-state index in [0.717, 1.165) is 24.2 Å². The number of nitrogens with one attached hydrogen (secondary N) is 1. The third-order valence-electron chi connectivity index (χ3n) is 3.20. The number of hydrogen-bond donors (Lipinski definition) is 2. The van der Waals surface area contributed by atoms with Gasteiger partial charge in [0.1, 0.15) is 0 Å². The van der Waals surface area contributed by atoms with Crippen LogP contribution in [0, 0.1) is 0 Å². The molecule has 5 nitrogen and oxygen atoms in total. The summed E-state index contributed by atoms with van der Waals surface area (Å²) in [5.74, 6) is 0. The van der Waals surface area contributed by atoms with E-state index >= 15 is 0 Å². The lowest BCUT2D eigenvalue weighted by molar-refractivity contribution is 0.599. The van der Waals surface area contributed by atoms with Gasteiger partial charge in [0.25, 0.3) is 0 Å². The normalized spacial score (nSPS) is 18.3. The summed E-state index contributed by atoms with van der Waals surface area (Å²) < 4.78 is 22.5. The highest BCUT2D eigenvalue weighted by molar-refractivity contribution is 7.91. The van der Waals surface area contributed by atoms with Gasteiger partial charge >= 0.3 is 0 Å². The molecule has 0 radical (unpaired) electrons. The van der Waals surface area contributed by atoms with E-state index in [4.69, 9.17) is 5.14 Å². The van der Waals surface area contributed by atoms with Crippen molar-refractivity contribution < 1.29 is 8.42 Å². The van der Waals surface area contributed by atoms with Crippen molar-refractivity contribution in [2.75, 3.05) is 5.32 Å². The fraction of sp³-hybridized carbons (Fsp3) is 0.250. The molecule has 100 valence electrons. The van der Waals surface area contributed by atoms with Crippen LogP contribution >= 0.6 is 11.3 Å². The number of nitrogens with two attached hydrogens (primary N) is 1. The standard InChI is InChI=1S/C12H13N3O2S2/c13-19(16,17)11-7-14-12(18-11)15-10-6-5-8-3-1-2-4-9(8)10/h1-4,7,10H,5-6H2,(H,14,15)(H2,13,16,17). The van der Waals surface area contributed by atoms with Gasteiger partial charge in [-0.3, -0.25) is 0 Å². The molecule has 1 aliphatic rings. The highest BCUT2D eigenvalue weighted by Crippen LogP contribution is 2.34. The van der Waals surface area contributed by atoms with Gasteiger partial charge in [-0.2, -0.15) is 0 Å². The van der Waals surface area contributed by atoms with E-state index < -0.39 is 10.0 Å². The zero-order chi connectivity index (χ0) is 13.5. The van der Waals surface area contributed by atoms with E-state index in [2.05, 4.69) is 22.4 Å². The van der Waals surface area contributed by atoms with Crippen LogP contribution in [0.4, 0.5) is 5.13 Å². The Balaban J connectivity index is 1.82. The third-order valence-corrected chi connectivity index (χ3v) is 5.53. The van der Waals surface area contributed by atoms with E-state index in [9.17, 15) is 8.42 Å². The second-order valence-electron chi connectivity index (χ2n) is 4.46. The second-order valence-corrected chi connectivity index (χ2v) is 7.28. The van der Waals surface area contributed by atoms with Gasteiger partial charge in [-0.1, -0.05) is 35.6 Å². The minimum absolute atomic E-state index is 0.0845. The zero-order valence-electron chi connectivity index (χ0n) is 10.0. The highest BCUT2D eigenvalue weighted by Gasteiger charge is 2.23. The van der Waals surface area contributed by atoms with Crippen molar-refractivity contribution in [1.82, 2.24) is 4.98 Å². The molecule has 1 atom stereocenters. The summed E-state index contributed by atoms with van der Waals surface area (Å²) in [6, 6.07) is 8.44. The molecular weight excluding hydrogens is 282 g/mol. The van der Waals surface area contributed by atoms with Gasteiger partial charge in [-0.05, 0) is 24.0 Å². The van der Waals surface area contributed by atoms with Crippen LogP contribution in [0.1, 0.15) is 23.6 Å². The average molecular weight is 295 g/mol. The summed E-state index contributed by atoms with van der Waals surface area (Å²) >= 11 is 1.07. The van der Waals surface area contributed by atoms with E-state index in [1.807, 2.05) is 12.1 Å². The Labute approximate surface area is 115 Å². The molecule has 0 amide bonds. The first kappa shape index (κ1) is 12.6. The fourth-order valence-electron chi connectivity index (χ4n) is 2.31. The largest absolute Gasteiger partial charge is 0.355 e. The first-order valence-corrected chi connectivity index (χ1v) is 8.23. The molecule has 1 heterocycles. The topological polar surface area (TPSA) is 85.1 Å². The molecule has 0 spiro atoms.